The first-order valence-corrected chi connectivity index (χ1v) is 10.6. The summed E-state index contributed by atoms with van der Waals surface area (Å²) in [7, 11) is 0. The first-order chi connectivity index (χ1) is 14.4. The van der Waals surface area contributed by atoms with Gasteiger partial charge in [0.05, 0.1) is 16.7 Å². The summed E-state index contributed by atoms with van der Waals surface area (Å²) in [5.74, 6) is -0.257. The zero-order valence-corrected chi connectivity index (χ0v) is 18.1. The molecule has 0 aliphatic carbocycles. The number of nitrogens with zero attached hydrogens (tertiary/aromatic N) is 3. The standard InChI is InChI=1S/C23H22N4O2S/c1-5-27-20-9-8-16(11-18(20)24-15(4)22(27)29)21(28)26-23-25-19(12-30-23)17-10-13(2)6-7-14(17)3/h6-12H,5H2,1-4H3,(H,25,26,28). The minimum Gasteiger partial charge on any atom is -0.305 e. The van der Waals surface area contributed by atoms with Crippen LogP contribution in [-0.2, 0) is 6.54 Å². The Kier molecular flexibility index (Phi) is 5.22. The summed E-state index contributed by atoms with van der Waals surface area (Å²) in [5.41, 5.74) is 6.34. The molecular weight excluding hydrogens is 396 g/mol. The molecule has 0 spiro atoms. The van der Waals surface area contributed by atoms with Gasteiger partial charge in [0.25, 0.3) is 11.5 Å². The largest absolute Gasteiger partial charge is 0.305 e. The number of aryl methyl sites for hydroxylation is 4. The predicted octanol–water partition coefficient (Wildman–Crippen LogP) is 4.72. The van der Waals surface area contributed by atoms with Crippen LogP contribution in [0, 0.1) is 20.8 Å². The molecule has 0 aliphatic rings. The van der Waals surface area contributed by atoms with E-state index in [1.165, 1.54) is 16.9 Å². The van der Waals surface area contributed by atoms with E-state index in [0.717, 1.165) is 22.3 Å². The van der Waals surface area contributed by atoms with Crippen molar-refractivity contribution in [2.45, 2.75) is 34.2 Å². The number of nitrogens with one attached hydrogen (secondary N) is 1. The molecule has 0 saturated heterocycles. The van der Waals surface area contributed by atoms with E-state index in [1.807, 2.05) is 26.2 Å². The van der Waals surface area contributed by atoms with Crippen molar-refractivity contribution in [2.24, 2.45) is 0 Å². The van der Waals surface area contributed by atoms with Crippen molar-refractivity contribution in [2.75, 3.05) is 5.32 Å². The van der Waals surface area contributed by atoms with E-state index in [1.54, 1.807) is 29.7 Å². The first-order valence-electron chi connectivity index (χ1n) is 9.73. The summed E-state index contributed by atoms with van der Waals surface area (Å²) in [6.07, 6.45) is 0. The van der Waals surface area contributed by atoms with Gasteiger partial charge >= 0.3 is 0 Å². The van der Waals surface area contributed by atoms with Gasteiger partial charge in [-0.2, -0.15) is 0 Å². The number of benzene rings is 2. The zero-order valence-electron chi connectivity index (χ0n) is 17.3. The van der Waals surface area contributed by atoms with Gasteiger partial charge in [0.2, 0.25) is 0 Å². The van der Waals surface area contributed by atoms with Gasteiger partial charge in [-0.05, 0) is 57.5 Å². The van der Waals surface area contributed by atoms with Gasteiger partial charge in [0.15, 0.2) is 5.13 Å². The number of anilines is 1. The number of rotatable bonds is 4. The van der Waals surface area contributed by atoms with Crippen LogP contribution in [-0.4, -0.2) is 20.4 Å². The lowest BCUT2D eigenvalue weighted by Gasteiger charge is -2.10. The molecule has 1 amide bonds. The molecule has 152 valence electrons. The molecule has 0 radical (unpaired) electrons. The first kappa shape index (κ1) is 20.0. The maximum absolute atomic E-state index is 12.8. The number of carbonyl (C=O) groups excluding carboxylic acids is 1. The van der Waals surface area contributed by atoms with Crippen LogP contribution >= 0.6 is 11.3 Å². The third-order valence-electron chi connectivity index (χ3n) is 5.08. The van der Waals surface area contributed by atoms with Crippen LogP contribution in [0.4, 0.5) is 5.13 Å². The van der Waals surface area contributed by atoms with Crippen molar-refractivity contribution in [3.8, 4) is 11.3 Å². The minimum absolute atomic E-state index is 0.107. The van der Waals surface area contributed by atoms with Gasteiger partial charge in [-0.15, -0.1) is 11.3 Å². The fraction of sp³-hybridized carbons (Fsp3) is 0.217. The Bertz CT molecular complexity index is 1340. The van der Waals surface area contributed by atoms with Crippen molar-refractivity contribution in [3.63, 3.8) is 0 Å². The summed E-state index contributed by atoms with van der Waals surface area (Å²) in [6, 6.07) is 11.4. The van der Waals surface area contributed by atoms with Gasteiger partial charge in [-0.1, -0.05) is 17.7 Å². The molecule has 0 saturated carbocycles. The van der Waals surface area contributed by atoms with Crippen LogP contribution < -0.4 is 10.9 Å². The fourth-order valence-electron chi connectivity index (χ4n) is 3.47. The Hall–Kier alpha value is -3.32. The highest BCUT2D eigenvalue weighted by atomic mass is 32.1. The highest BCUT2D eigenvalue weighted by Crippen LogP contribution is 2.28. The normalized spacial score (nSPS) is 11.1. The van der Waals surface area contributed by atoms with Crippen LogP contribution in [0.25, 0.3) is 22.3 Å². The Morgan fingerprint density at radius 2 is 1.90 bits per heavy atom. The highest BCUT2D eigenvalue weighted by molar-refractivity contribution is 7.14. The molecule has 0 fully saturated rings. The van der Waals surface area contributed by atoms with Crippen LogP contribution in [0.3, 0.4) is 0 Å². The molecule has 0 bridgehead atoms. The van der Waals surface area contributed by atoms with Crippen molar-refractivity contribution < 1.29 is 4.79 Å². The molecule has 7 heteroatoms. The summed E-state index contributed by atoms with van der Waals surface area (Å²) in [6.45, 7) is 8.24. The number of amides is 1. The van der Waals surface area contributed by atoms with Gasteiger partial charge in [0.1, 0.15) is 5.69 Å². The zero-order chi connectivity index (χ0) is 21.4. The number of hydrogen-bond acceptors (Lipinski definition) is 5. The number of thiazole rings is 1. The van der Waals surface area contributed by atoms with E-state index in [4.69, 9.17) is 0 Å². The second-order valence-electron chi connectivity index (χ2n) is 7.26. The van der Waals surface area contributed by atoms with E-state index in [0.29, 0.717) is 28.5 Å². The van der Waals surface area contributed by atoms with E-state index >= 15 is 0 Å². The third kappa shape index (κ3) is 3.64. The maximum atomic E-state index is 12.8. The molecule has 6 nitrogen and oxygen atoms in total. The lowest BCUT2D eigenvalue weighted by Crippen LogP contribution is -2.23. The average Bonchev–Trinajstić information content (AvgIpc) is 3.18. The summed E-state index contributed by atoms with van der Waals surface area (Å²) >= 11 is 1.39. The number of hydrogen-bond donors (Lipinski definition) is 1. The monoisotopic (exact) mass is 418 g/mol. The lowest BCUT2D eigenvalue weighted by atomic mass is 10.0. The van der Waals surface area contributed by atoms with Gasteiger partial charge in [-0.25, -0.2) is 9.97 Å². The smallest absolute Gasteiger partial charge is 0.272 e. The molecule has 0 unspecified atom stereocenters. The van der Waals surface area contributed by atoms with E-state index in [2.05, 4.69) is 33.5 Å². The topological polar surface area (TPSA) is 76.9 Å². The number of aromatic nitrogens is 3. The second-order valence-corrected chi connectivity index (χ2v) is 8.12. The fourth-order valence-corrected chi connectivity index (χ4v) is 4.17. The Labute approximate surface area is 178 Å². The molecule has 0 aliphatic heterocycles. The van der Waals surface area contributed by atoms with Crippen molar-refractivity contribution in [1.82, 2.24) is 14.5 Å². The molecule has 2 aromatic carbocycles. The van der Waals surface area contributed by atoms with Crippen LogP contribution in [0.2, 0.25) is 0 Å². The lowest BCUT2D eigenvalue weighted by molar-refractivity contribution is 0.102. The van der Waals surface area contributed by atoms with Crippen LogP contribution in [0.5, 0.6) is 0 Å². The molecule has 2 heterocycles. The van der Waals surface area contributed by atoms with E-state index in [-0.39, 0.29) is 11.5 Å². The van der Waals surface area contributed by atoms with Crippen molar-refractivity contribution in [1.29, 1.82) is 0 Å². The van der Waals surface area contributed by atoms with Gasteiger partial charge in [-0.3, -0.25) is 14.9 Å². The van der Waals surface area contributed by atoms with Crippen molar-refractivity contribution in [3.05, 3.63) is 74.5 Å². The van der Waals surface area contributed by atoms with Crippen molar-refractivity contribution >= 4 is 33.4 Å². The Morgan fingerprint density at radius 3 is 2.67 bits per heavy atom. The molecule has 4 aromatic rings. The minimum atomic E-state index is -0.257. The van der Waals surface area contributed by atoms with E-state index < -0.39 is 0 Å². The van der Waals surface area contributed by atoms with E-state index in [9.17, 15) is 9.59 Å². The van der Waals surface area contributed by atoms with Gasteiger partial charge in [0, 0.05) is 23.1 Å². The molecule has 2 aromatic heterocycles. The van der Waals surface area contributed by atoms with Crippen LogP contribution in [0.1, 0.15) is 34.1 Å². The summed E-state index contributed by atoms with van der Waals surface area (Å²) in [5, 5.41) is 5.36. The molecule has 4 rings (SSSR count). The predicted molar refractivity (Wildman–Crippen MR) is 121 cm³/mol. The summed E-state index contributed by atoms with van der Waals surface area (Å²) in [4.78, 5) is 34.0. The second kappa shape index (κ2) is 7.84. The molecule has 1 N–H and O–H groups in total. The quantitative estimate of drug-likeness (QED) is 0.520. The van der Waals surface area contributed by atoms with Gasteiger partial charge < -0.3 is 4.57 Å². The molecule has 0 atom stereocenters. The van der Waals surface area contributed by atoms with Crippen LogP contribution in [0.15, 0.2) is 46.6 Å². The maximum Gasteiger partial charge on any atom is 0.272 e. The highest BCUT2D eigenvalue weighted by Gasteiger charge is 2.14. The third-order valence-corrected chi connectivity index (χ3v) is 5.84. The molecule has 30 heavy (non-hydrogen) atoms. The summed E-state index contributed by atoms with van der Waals surface area (Å²) < 4.78 is 1.66. The Balaban J connectivity index is 1.62. The molecular formula is C23H22N4O2S. The average molecular weight is 419 g/mol. The number of carbonyl (C=O) groups is 1. The Morgan fingerprint density at radius 1 is 1.10 bits per heavy atom. The SMILES string of the molecule is CCn1c(=O)c(C)nc2cc(C(=O)Nc3nc(-c4cc(C)ccc4C)cs3)ccc21. The number of fused-ring (bicyclic) bond motifs is 1.